The third kappa shape index (κ3) is 2.65. The summed E-state index contributed by atoms with van der Waals surface area (Å²) in [5.41, 5.74) is 0. The highest BCUT2D eigenvalue weighted by atomic mass is 32.2. The van der Waals surface area contributed by atoms with Crippen LogP contribution >= 0.6 is 11.8 Å². The highest BCUT2D eigenvalue weighted by Crippen LogP contribution is 2.13. The second kappa shape index (κ2) is 5.18. The Kier molecular flexibility index (Phi) is 3.88. The zero-order valence-electron chi connectivity index (χ0n) is 9.24. The van der Waals surface area contributed by atoms with Crippen LogP contribution in [0.4, 0.5) is 0 Å². The Morgan fingerprint density at radius 3 is 2.67 bits per heavy atom. The van der Waals surface area contributed by atoms with Crippen LogP contribution in [0.15, 0.2) is 0 Å². The number of hydrogen-bond donors (Lipinski definition) is 1. The van der Waals surface area contributed by atoms with Crippen molar-refractivity contribution in [3.63, 3.8) is 0 Å². The van der Waals surface area contributed by atoms with E-state index in [0.29, 0.717) is 5.91 Å². The van der Waals surface area contributed by atoms with Gasteiger partial charge < -0.3 is 9.80 Å². The molecule has 2 heterocycles. The molecule has 0 saturated carbocycles. The van der Waals surface area contributed by atoms with Crippen LogP contribution in [0.5, 0.6) is 0 Å². The number of amides is 1. The Balaban J connectivity index is 1.81. The number of carbonyl (C=O) groups excluding carboxylic acids is 1. The number of piperazine rings is 1. The van der Waals surface area contributed by atoms with E-state index < -0.39 is 0 Å². The molecule has 86 valence electrons. The maximum Gasteiger partial charge on any atom is 0.240 e. The Hall–Kier alpha value is -0.260. The number of nitrogens with zero attached hydrogens (tertiary/aromatic N) is 2. The zero-order chi connectivity index (χ0) is 10.7. The number of nitrogens with one attached hydrogen (secondary N) is 1. The first kappa shape index (κ1) is 11.2. The highest BCUT2D eigenvalue weighted by molar-refractivity contribution is 7.99. The molecule has 0 aromatic heterocycles. The fourth-order valence-electron chi connectivity index (χ4n) is 2.06. The molecular weight excluding hydrogens is 210 g/mol. The van der Waals surface area contributed by atoms with Crippen molar-refractivity contribution in [2.75, 3.05) is 44.4 Å². The molecular formula is C10H19N3OS. The SMILES string of the molecule is CCN1CCN(C(=O)C2CSCN2)CC1. The first-order chi connectivity index (χ1) is 7.31. The molecule has 0 radical (unpaired) electrons. The maximum absolute atomic E-state index is 12.0. The molecule has 1 atom stereocenters. The summed E-state index contributed by atoms with van der Waals surface area (Å²) in [6.45, 7) is 7.13. The smallest absolute Gasteiger partial charge is 0.240 e. The highest BCUT2D eigenvalue weighted by Gasteiger charge is 2.28. The van der Waals surface area contributed by atoms with Gasteiger partial charge in [-0.05, 0) is 6.54 Å². The van der Waals surface area contributed by atoms with Crippen LogP contribution in [0.1, 0.15) is 6.92 Å². The van der Waals surface area contributed by atoms with E-state index in [1.807, 2.05) is 16.7 Å². The molecule has 0 aliphatic carbocycles. The van der Waals surface area contributed by atoms with E-state index in [-0.39, 0.29) is 6.04 Å². The predicted octanol–water partition coefficient (Wildman–Crippen LogP) is -0.187. The van der Waals surface area contributed by atoms with Crippen molar-refractivity contribution < 1.29 is 4.79 Å². The molecule has 0 aromatic carbocycles. The summed E-state index contributed by atoms with van der Waals surface area (Å²) in [7, 11) is 0. The summed E-state index contributed by atoms with van der Waals surface area (Å²) in [4.78, 5) is 16.4. The summed E-state index contributed by atoms with van der Waals surface area (Å²) in [6.07, 6.45) is 0. The number of likely N-dealkylation sites (N-methyl/N-ethyl adjacent to an activating group) is 1. The summed E-state index contributed by atoms with van der Waals surface area (Å²) < 4.78 is 0. The van der Waals surface area contributed by atoms with E-state index in [1.165, 1.54) is 0 Å². The van der Waals surface area contributed by atoms with Crippen LogP contribution in [-0.4, -0.2) is 66.1 Å². The lowest BCUT2D eigenvalue weighted by Crippen LogP contribution is -2.53. The first-order valence-corrected chi connectivity index (χ1v) is 6.79. The van der Waals surface area contributed by atoms with Crippen LogP contribution < -0.4 is 5.32 Å². The number of thioether (sulfide) groups is 1. The van der Waals surface area contributed by atoms with Gasteiger partial charge in [0.25, 0.3) is 0 Å². The molecule has 2 fully saturated rings. The summed E-state index contributed by atoms with van der Waals surface area (Å²) in [5.74, 6) is 2.16. The van der Waals surface area contributed by atoms with Crippen molar-refractivity contribution in [3.8, 4) is 0 Å². The topological polar surface area (TPSA) is 35.6 Å². The van der Waals surface area contributed by atoms with E-state index in [1.54, 1.807) is 0 Å². The monoisotopic (exact) mass is 229 g/mol. The molecule has 2 saturated heterocycles. The Morgan fingerprint density at radius 2 is 2.13 bits per heavy atom. The molecule has 2 aliphatic rings. The minimum absolute atomic E-state index is 0.0724. The van der Waals surface area contributed by atoms with Crippen molar-refractivity contribution in [2.24, 2.45) is 0 Å². The van der Waals surface area contributed by atoms with Gasteiger partial charge in [-0.3, -0.25) is 10.1 Å². The van der Waals surface area contributed by atoms with Crippen molar-refractivity contribution in [1.29, 1.82) is 0 Å². The lowest BCUT2D eigenvalue weighted by molar-refractivity contribution is -0.134. The van der Waals surface area contributed by atoms with Crippen LogP contribution in [0.25, 0.3) is 0 Å². The van der Waals surface area contributed by atoms with Crippen molar-refractivity contribution in [1.82, 2.24) is 15.1 Å². The summed E-state index contributed by atoms with van der Waals surface area (Å²) >= 11 is 1.81. The molecule has 0 bridgehead atoms. The Morgan fingerprint density at radius 1 is 1.40 bits per heavy atom. The molecule has 2 rings (SSSR count). The molecule has 4 nitrogen and oxygen atoms in total. The van der Waals surface area contributed by atoms with Gasteiger partial charge >= 0.3 is 0 Å². The van der Waals surface area contributed by atoms with Gasteiger partial charge in [0.2, 0.25) is 5.91 Å². The predicted molar refractivity (Wildman–Crippen MR) is 62.9 cm³/mol. The van der Waals surface area contributed by atoms with Gasteiger partial charge in [0.1, 0.15) is 0 Å². The lowest BCUT2D eigenvalue weighted by atomic mass is 10.2. The molecule has 2 aliphatic heterocycles. The second-order valence-electron chi connectivity index (χ2n) is 4.03. The second-order valence-corrected chi connectivity index (χ2v) is 5.06. The standard InChI is InChI=1S/C10H19N3OS/c1-2-12-3-5-13(6-4-12)10(14)9-7-15-8-11-9/h9,11H,2-8H2,1H3. The molecule has 1 amide bonds. The van der Waals surface area contributed by atoms with Crippen LogP contribution in [0.2, 0.25) is 0 Å². The number of carbonyl (C=O) groups is 1. The molecule has 15 heavy (non-hydrogen) atoms. The van der Waals surface area contributed by atoms with Crippen molar-refractivity contribution in [2.45, 2.75) is 13.0 Å². The van der Waals surface area contributed by atoms with Gasteiger partial charge in [-0.15, -0.1) is 11.8 Å². The van der Waals surface area contributed by atoms with Gasteiger partial charge in [0, 0.05) is 37.8 Å². The first-order valence-electron chi connectivity index (χ1n) is 5.63. The summed E-state index contributed by atoms with van der Waals surface area (Å²) in [6, 6.07) is 0.0724. The molecule has 0 aromatic rings. The van der Waals surface area contributed by atoms with Crippen molar-refractivity contribution >= 4 is 17.7 Å². The molecule has 5 heteroatoms. The number of rotatable bonds is 2. The van der Waals surface area contributed by atoms with E-state index in [9.17, 15) is 4.79 Å². The van der Waals surface area contributed by atoms with Gasteiger partial charge in [-0.25, -0.2) is 0 Å². The Labute approximate surface area is 95.4 Å². The van der Waals surface area contributed by atoms with Gasteiger partial charge in [0.15, 0.2) is 0 Å². The third-order valence-corrected chi connectivity index (χ3v) is 4.09. The van der Waals surface area contributed by atoms with Gasteiger partial charge in [-0.2, -0.15) is 0 Å². The van der Waals surface area contributed by atoms with Crippen molar-refractivity contribution in [3.05, 3.63) is 0 Å². The fourth-order valence-corrected chi connectivity index (χ4v) is 2.99. The van der Waals surface area contributed by atoms with E-state index >= 15 is 0 Å². The van der Waals surface area contributed by atoms with E-state index in [0.717, 1.165) is 44.4 Å². The molecule has 1 N–H and O–H groups in total. The lowest BCUT2D eigenvalue weighted by Gasteiger charge is -2.35. The maximum atomic E-state index is 12.0. The Bertz CT molecular complexity index is 223. The zero-order valence-corrected chi connectivity index (χ0v) is 10.1. The average Bonchev–Trinajstić information content (AvgIpc) is 2.82. The van der Waals surface area contributed by atoms with Crippen LogP contribution in [0.3, 0.4) is 0 Å². The van der Waals surface area contributed by atoms with E-state index in [4.69, 9.17) is 0 Å². The average molecular weight is 229 g/mol. The van der Waals surface area contributed by atoms with Crippen LogP contribution in [0, 0.1) is 0 Å². The third-order valence-electron chi connectivity index (χ3n) is 3.15. The minimum atomic E-state index is 0.0724. The largest absolute Gasteiger partial charge is 0.339 e. The quantitative estimate of drug-likeness (QED) is 0.712. The normalized spacial score (nSPS) is 28.3. The minimum Gasteiger partial charge on any atom is -0.339 e. The molecule has 1 unspecified atom stereocenters. The summed E-state index contributed by atoms with van der Waals surface area (Å²) in [5, 5.41) is 3.24. The van der Waals surface area contributed by atoms with Gasteiger partial charge in [0.05, 0.1) is 6.04 Å². The van der Waals surface area contributed by atoms with Crippen LogP contribution in [-0.2, 0) is 4.79 Å². The van der Waals surface area contributed by atoms with Gasteiger partial charge in [-0.1, -0.05) is 6.92 Å². The van der Waals surface area contributed by atoms with E-state index in [2.05, 4.69) is 17.1 Å². The fraction of sp³-hybridized carbons (Fsp3) is 0.900. The number of hydrogen-bond acceptors (Lipinski definition) is 4. The molecule has 0 spiro atoms.